The zero-order valence-electron chi connectivity index (χ0n) is 7.70. The lowest BCUT2D eigenvalue weighted by atomic mass is 10.1. The van der Waals surface area contributed by atoms with Crippen LogP contribution >= 0.6 is 0 Å². The smallest absolute Gasteiger partial charge is 0.143 e. The van der Waals surface area contributed by atoms with E-state index in [9.17, 15) is 5.21 Å². The van der Waals surface area contributed by atoms with E-state index in [1.807, 2.05) is 0 Å². The fourth-order valence-electron chi connectivity index (χ4n) is 1.31. The van der Waals surface area contributed by atoms with Crippen LogP contribution in [0, 0.1) is 0 Å². The third-order valence-electron chi connectivity index (χ3n) is 2.01. The summed E-state index contributed by atoms with van der Waals surface area (Å²) >= 11 is 0. The summed E-state index contributed by atoms with van der Waals surface area (Å²) in [5.74, 6) is 0.116. The first kappa shape index (κ1) is 9.25. The van der Waals surface area contributed by atoms with Gasteiger partial charge >= 0.3 is 0 Å². The lowest BCUT2D eigenvalue weighted by Gasteiger charge is -1.98. The lowest BCUT2D eigenvalue weighted by Crippen LogP contribution is -2.14. The van der Waals surface area contributed by atoms with E-state index in [1.165, 1.54) is 0 Å². The van der Waals surface area contributed by atoms with Crippen molar-refractivity contribution in [1.29, 1.82) is 0 Å². The average molecular weight is 207 g/mol. The Morgan fingerprint density at radius 3 is 3.07 bits per heavy atom. The Morgan fingerprint density at radius 2 is 2.33 bits per heavy atom. The van der Waals surface area contributed by atoms with Crippen molar-refractivity contribution in [3.8, 4) is 0 Å². The van der Waals surface area contributed by atoms with Crippen molar-refractivity contribution in [1.82, 2.24) is 15.2 Å². The third-order valence-corrected chi connectivity index (χ3v) is 2.01. The van der Waals surface area contributed by atoms with Gasteiger partial charge in [0, 0.05) is 6.42 Å². The van der Waals surface area contributed by atoms with Crippen LogP contribution in [0.25, 0.3) is 11.0 Å². The molecule has 0 fully saturated rings. The monoisotopic (exact) mass is 207 g/mol. The van der Waals surface area contributed by atoms with Crippen LogP contribution in [0.2, 0.25) is 0 Å². The fourth-order valence-corrected chi connectivity index (χ4v) is 1.31. The highest BCUT2D eigenvalue weighted by Crippen LogP contribution is 2.12. The molecule has 0 saturated carbocycles. The minimum atomic E-state index is 0.116. The molecule has 1 aromatic heterocycles. The highest BCUT2D eigenvalue weighted by Gasteiger charge is 2.05. The van der Waals surface area contributed by atoms with Gasteiger partial charge in [-0.2, -0.15) is 0 Å². The van der Waals surface area contributed by atoms with Crippen LogP contribution in [-0.2, 0) is 6.42 Å². The van der Waals surface area contributed by atoms with Crippen molar-refractivity contribution < 1.29 is 10.4 Å². The predicted molar refractivity (Wildman–Crippen MR) is 51.8 cm³/mol. The molecule has 15 heavy (non-hydrogen) atoms. The second-order valence-corrected chi connectivity index (χ2v) is 3.07. The van der Waals surface area contributed by atoms with Gasteiger partial charge in [-0.25, -0.2) is 0 Å². The molecule has 7 heteroatoms. The molecule has 2 rings (SSSR count). The van der Waals surface area contributed by atoms with E-state index in [-0.39, 0.29) is 5.84 Å². The molecular weight excluding hydrogens is 198 g/mol. The van der Waals surface area contributed by atoms with Gasteiger partial charge in [0.1, 0.15) is 16.9 Å². The van der Waals surface area contributed by atoms with Crippen LogP contribution in [0.3, 0.4) is 0 Å². The van der Waals surface area contributed by atoms with Crippen LogP contribution in [0.5, 0.6) is 0 Å². The molecule has 0 amide bonds. The molecule has 78 valence electrons. The van der Waals surface area contributed by atoms with Crippen LogP contribution in [-0.4, -0.2) is 31.4 Å². The molecule has 0 spiro atoms. The molecule has 1 heterocycles. The maximum Gasteiger partial charge on any atom is 0.143 e. The van der Waals surface area contributed by atoms with Gasteiger partial charge in [0.05, 0.1) is 0 Å². The highest BCUT2D eigenvalue weighted by molar-refractivity contribution is 5.83. The number of nitrogens with zero attached hydrogens (tertiary/aromatic N) is 4. The Bertz CT molecular complexity index is 519. The largest absolute Gasteiger partial charge is 0.410 e. The summed E-state index contributed by atoms with van der Waals surface area (Å²) in [6.07, 6.45) is 0.324. The Morgan fingerprint density at radius 1 is 1.53 bits per heavy atom. The van der Waals surface area contributed by atoms with E-state index in [4.69, 9.17) is 10.9 Å². The van der Waals surface area contributed by atoms with Crippen molar-refractivity contribution in [2.75, 3.05) is 0 Å². The van der Waals surface area contributed by atoms with Crippen molar-refractivity contribution in [2.24, 2.45) is 10.9 Å². The molecule has 0 atom stereocenters. The number of oxime groups is 1. The zero-order chi connectivity index (χ0) is 10.8. The maximum absolute atomic E-state index is 9.18. The van der Waals surface area contributed by atoms with E-state index >= 15 is 0 Å². The predicted octanol–water partition coefficient (Wildman–Crippen LogP) is -0.0425. The number of rotatable bonds is 2. The second-order valence-electron chi connectivity index (χ2n) is 3.07. The van der Waals surface area contributed by atoms with Crippen LogP contribution in [0.15, 0.2) is 23.4 Å². The van der Waals surface area contributed by atoms with Gasteiger partial charge in [-0.3, -0.25) is 0 Å². The number of amidine groups is 1. The van der Waals surface area contributed by atoms with E-state index < -0.39 is 0 Å². The molecular formula is C8H9N5O2. The number of benzene rings is 1. The van der Waals surface area contributed by atoms with E-state index in [1.54, 1.807) is 18.2 Å². The van der Waals surface area contributed by atoms with E-state index in [0.29, 0.717) is 22.3 Å². The average Bonchev–Trinajstić information content (AvgIpc) is 2.60. The Hall–Kier alpha value is -2.31. The Balaban J connectivity index is 2.39. The molecule has 0 aliphatic rings. The molecule has 0 saturated heterocycles. The SMILES string of the molecule is N/C(Cc1ccc2c(c1)nnn2O)=N\O. The fraction of sp³-hybridized carbons (Fsp3) is 0.125. The van der Waals surface area contributed by atoms with E-state index in [0.717, 1.165) is 5.56 Å². The summed E-state index contributed by atoms with van der Waals surface area (Å²) in [4.78, 5) is 0.697. The summed E-state index contributed by atoms with van der Waals surface area (Å²) in [5.41, 5.74) is 7.26. The maximum atomic E-state index is 9.18. The molecule has 0 bridgehead atoms. The molecule has 2 aromatic rings. The number of aromatic nitrogens is 3. The van der Waals surface area contributed by atoms with E-state index in [2.05, 4.69) is 15.5 Å². The molecule has 1 aromatic carbocycles. The quantitative estimate of drug-likeness (QED) is 0.210. The molecule has 4 N–H and O–H groups in total. The third kappa shape index (κ3) is 1.66. The van der Waals surface area contributed by atoms with Crippen molar-refractivity contribution in [3.05, 3.63) is 23.8 Å². The Labute approximate surface area is 84.4 Å². The first-order valence-electron chi connectivity index (χ1n) is 4.20. The van der Waals surface area contributed by atoms with Gasteiger partial charge in [0.2, 0.25) is 0 Å². The topological polar surface area (TPSA) is 110 Å². The highest BCUT2D eigenvalue weighted by atomic mass is 16.5. The van der Waals surface area contributed by atoms with Gasteiger partial charge in [-0.05, 0) is 22.9 Å². The molecule has 0 aliphatic carbocycles. The first-order valence-corrected chi connectivity index (χ1v) is 4.20. The first-order chi connectivity index (χ1) is 7.20. The summed E-state index contributed by atoms with van der Waals surface area (Å²) in [6.45, 7) is 0. The number of hydrogen-bond acceptors (Lipinski definition) is 5. The lowest BCUT2D eigenvalue weighted by molar-refractivity contribution is 0.155. The summed E-state index contributed by atoms with van der Waals surface area (Å²) in [5, 5.41) is 27.6. The van der Waals surface area contributed by atoms with Gasteiger partial charge in [0.25, 0.3) is 0 Å². The molecule has 7 nitrogen and oxygen atoms in total. The summed E-state index contributed by atoms with van der Waals surface area (Å²) in [7, 11) is 0. The summed E-state index contributed by atoms with van der Waals surface area (Å²) < 4.78 is 0. The van der Waals surface area contributed by atoms with Crippen molar-refractivity contribution >= 4 is 16.9 Å². The van der Waals surface area contributed by atoms with Crippen LogP contribution < -0.4 is 5.73 Å². The van der Waals surface area contributed by atoms with Crippen LogP contribution in [0.1, 0.15) is 5.56 Å². The van der Waals surface area contributed by atoms with Gasteiger partial charge in [-0.15, -0.1) is 5.10 Å². The van der Waals surface area contributed by atoms with Gasteiger partial charge < -0.3 is 16.1 Å². The zero-order valence-corrected chi connectivity index (χ0v) is 7.70. The van der Waals surface area contributed by atoms with Crippen molar-refractivity contribution in [2.45, 2.75) is 6.42 Å². The number of fused-ring (bicyclic) bond motifs is 1. The van der Waals surface area contributed by atoms with Crippen LogP contribution in [0.4, 0.5) is 0 Å². The minimum Gasteiger partial charge on any atom is -0.410 e. The van der Waals surface area contributed by atoms with Gasteiger partial charge in [-0.1, -0.05) is 16.1 Å². The molecule has 0 aliphatic heterocycles. The van der Waals surface area contributed by atoms with Gasteiger partial charge in [0.15, 0.2) is 0 Å². The standard InChI is InChI=1S/C8H9N5O2/c9-8(11-14)4-5-1-2-7-6(3-5)10-12-13(7)15/h1-3,14-15H,4H2,(H2,9,11). The molecule has 0 unspecified atom stereocenters. The Kier molecular flexibility index (Phi) is 2.13. The minimum absolute atomic E-state index is 0.116. The second kappa shape index (κ2) is 3.45. The summed E-state index contributed by atoms with van der Waals surface area (Å²) in [6, 6.07) is 5.12. The molecule has 0 radical (unpaired) electrons. The normalized spacial score (nSPS) is 12.1. The number of hydrogen-bond donors (Lipinski definition) is 3. The number of nitrogens with two attached hydrogens (primary N) is 1. The van der Waals surface area contributed by atoms with Crippen molar-refractivity contribution in [3.63, 3.8) is 0 Å².